The summed E-state index contributed by atoms with van der Waals surface area (Å²) in [7, 11) is 1.53. The molecule has 4 nitrogen and oxygen atoms in total. The van der Waals surface area contributed by atoms with E-state index in [4.69, 9.17) is 14.7 Å². The second-order valence-electron chi connectivity index (χ2n) is 3.51. The quantitative estimate of drug-likeness (QED) is 0.619. The van der Waals surface area contributed by atoms with Crippen molar-refractivity contribution in [3.63, 3.8) is 0 Å². The number of methoxy groups -OCH3 is 1. The third-order valence-corrected chi connectivity index (χ3v) is 3.00. The lowest BCUT2D eigenvalue weighted by atomic mass is 10.0. The fraction of sp³-hybridized carbons (Fsp3) is 0.385. The first-order chi connectivity index (χ1) is 8.67. The second-order valence-corrected chi connectivity index (χ2v) is 4.07. The Labute approximate surface area is 115 Å². The molecule has 1 aromatic carbocycles. The van der Waals surface area contributed by atoms with E-state index in [2.05, 4.69) is 22.0 Å². The number of nitriles is 1. The summed E-state index contributed by atoms with van der Waals surface area (Å²) in [5, 5.41) is 9.50. The van der Waals surface area contributed by atoms with Crippen molar-refractivity contribution in [1.82, 2.24) is 0 Å². The molecule has 0 unspecified atom stereocenters. The molecule has 0 bridgehead atoms. The monoisotopic (exact) mass is 311 g/mol. The number of carbonyl (C=O) groups is 1. The Morgan fingerprint density at radius 2 is 2.22 bits per heavy atom. The number of hydrogen-bond acceptors (Lipinski definition) is 4. The van der Waals surface area contributed by atoms with Gasteiger partial charge in [-0.05, 0) is 13.0 Å². The maximum Gasteiger partial charge on any atom is 0.310 e. The van der Waals surface area contributed by atoms with Gasteiger partial charge in [0, 0.05) is 16.5 Å². The molecule has 0 N–H and O–H groups in total. The molecule has 0 spiro atoms. The number of halogens is 1. The maximum atomic E-state index is 11.5. The number of esters is 1. The number of ether oxygens (including phenoxy) is 2. The molecule has 18 heavy (non-hydrogen) atoms. The molecule has 0 amide bonds. The lowest BCUT2D eigenvalue weighted by molar-refractivity contribution is -0.142. The molecule has 1 rings (SSSR count). The standard InChI is InChI=1S/C13H14BrNO3/c1-3-18-12(16)6-9-4-5-10(8-15)11(7-14)13(9)17-2/h4-5H,3,6-7H2,1-2H3. The van der Waals surface area contributed by atoms with E-state index in [1.807, 2.05) is 0 Å². The van der Waals surface area contributed by atoms with Gasteiger partial charge in [-0.3, -0.25) is 4.79 Å². The van der Waals surface area contributed by atoms with Crippen LogP contribution in [0.15, 0.2) is 12.1 Å². The van der Waals surface area contributed by atoms with Crippen LogP contribution in [-0.4, -0.2) is 19.7 Å². The van der Waals surface area contributed by atoms with Gasteiger partial charge in [0.1, 0.15) is 5.75 Å². The highest BCUT2D eigenvalue weighted by atomic mass is 79.9. The van der Waals surface area contributed by atoms with Gasteiger partial charge in [0.15, 0.2) is 0 Å². The van der Waals surface area contributed by atoms with Crippen LogP contribution in [0, 0.1) is 11.3 Å². The van der Waals surface area contributed by atoms with Crippen LogP contribution < -0.4 is 4.74 Å². The molecule has 0 saturated heterocycles. The zero-order valence-electron chi connectivity index (χ0n) is 10.3. The Kier molecular flexibility index (Phi) is 5.66. The highest BCUT2D eigenvalue weighted by Crippen LogP contribution is 2.29. The average molecular weight is 312 g/mol. The Hall–Kier alpha value is -1.54. The first kappa shape index (κ1) is 14.5. The lowest BCUT2D eigenvalue weighted by Gasteiger charge is -2.13. The van der Waals surface area contributed by atoms with Crippen LogP contribution >= 0.6 is 15.9 Å². The van der Waals surface area contributed by atoms with E-state index in [9.17, 15) is 4.79 Å². The number of hydrogen-bond donors (Lipinski definition) is 0. The topological polar surface area (TPSA) is 59.3 Å². The summed E-state index contributed by atoms with van der Waals surface area (Å²) in [6.07, 6.45) is 0.142. The van der Waals surface area contributed by atoms with Crippen LogP contribution in [0.5, 0.6) is 5.75 Å². The molecule has 0 aliphatic carbocycles. The third kappa shape index (κ3) is 3.23. The van der Waals surface area contributed by atoms with Crippen molar-refractivity contribution in [3.05, 3.63) is 28.8 Å². The smallest absolute Gasteiger partial charge is 0.310 e. The summed E-state index contributed by atoms with van der Waals surface area (Å²) in [6.45, 7) is 2.11. The minimum Gasteiger partial charge on any atom is -0.496 e. The summed E-state index contributed by atoms with van der Waals surface area (Å²) in [4.78, 5) is 11.5. The van der Waals surface area contributed by atoms with Crippen molar-refractivity contribution >= 4 is 21.9 Å². The zero-order valence-corrected chi connectivity index (χ0v) is 11.9. The number of nitrogens with zero attached hydrogens (tertiary/aromatic N) is 1. The van der Waals surface area contributed by atoms with E-state index in [-0.39, 0.29) is 12.4 Å². The molecule has 0 atom stereocenters. The highest BCUT2D eigenvalue weighted by Gasteiger charge is 2.16. The van der Waals surface area contributed by atoms with Crippen molar-refractivity contribution in [2.24, 2.45) is 0 Å². The molecule has 0 aromatic heterocycles. The van der Waals surface area contributed by atoms with Crippen molar-refractivity contribution < 1.29 is 14.3 Å². The molecule has 0 fully saturated rings. The van der Waals surface area contributed by atoms with Gasteiger partial charge in [-0.25, -0.2) is 0 Å². The van der Waals surface area contributed by atoms with Crippen molar-refractivity contribution in [1.29, 1.82) is 5.26 Å². The average Bonchev–Trinajstić information content (AvgIpc) is 2.38. The zero-order chi connectivity index (χ0) is 13.5. The van der Waals surface area contributed by atoms with E-state index >= 15 is 0 Å². The van der Waals surface area contributed by atoms with Gasteiger partial charge in [0.25, 0.3) is 0 Å². The number of alkyl halides is 1. The molecule has 0 saturated carbocycles. The SMILES string of the molecule is CCOC(=O)Cc1ccc(C#N)c(CBr)c1OC. The molecular weight excluding hydrogens is 298 g/mol. The molecule has 0 aliphatic rings. The van der Waals surface area contributed by atoms with E-state index < -0.39 is 0 Å². The van der Waals surface area contributed by atoms with Crippen molar-refractivity contribution in [2.45, 2.75) is 18.7 Å². The van der Waals surface area contributed by atoms with Crippen LogP contribution in [0.3, 0.4) is 0 Å². The second kappa shape index (κ2) is 7.02. The van der Waals surface area contributed by atoms with Crippen LogP contribution in [0.25, 0.3) is 0 Å². The minimum atomic E-state index is -0.305. The first-order valence-electron chi connectivity index (χ1n) is 5.48. The van der Waals surface area contributed by atoms with Crippen molar-refractivity contribution in [3.8, 4) is 11.8 Å². The van der Waals surface area contributed by atoms with Gasteiger partial charge in [-0.2, -0.15) is 5.26 Å². The Morgan fingerprint density at radius 3 is 2.72 bits per heavy atom. The molecule has 1 aromatic rings. The van der Waals surface area contributed by atoms with Crippen LogP contribution in [-0.2, 0) is 21.3 Å². The molecule has 0 aliphatic heterocycles. The van der Waals surface area contributed by atoms with E-state index in [1.54, 1.807) is 19.1 Å². The molecule has 0 radical (unpaired) electrons. The molecule has 5 heteroatoms. The first-order valence-corrected chi connectivity index (χ1v) is 6.60. The van der Waals surface area contributed by atoms with E-state index in [1.165, 1.54) is 7.11 Å². The van der Waals surface area contributed by atoms with Gasteiger partial charge in [-0.15, -0.1) is 0 Å². The van der Waals surface area contributed by atoms with Gasteiger partial charge in [-0.1, -0.05) is 22.0 Å². The minimum absolute atomic E-state index is 0.142. The fourth-order valence-corrected chi connectivity index (χ4v) is 2.23. The van der Waals surface area contributed by atoms with E-state index in [0.29, 0.717) is 23.2 Å². The fourth-order valence-electron chi connectivity index (χ4n) is 1.67. The summed E-state index contributed by atoms with van der Waals surface area (Å²) in [6, 6.07) is 5.51. The van der Waals surface area contributed by atoms with Crippen LogP contribution in [0.4, 0.5) is 0 Å². The summed E-state index contributed by atoms with van der Waals surface area (Å²) in [5.74, 6) is 0.264. The normalized spacial score (nSPS) is 9.67. The lowest BCUT2D eigenvalue weighted by Crippen LogP contribution is -2.09. The largest absolute Gasteiger partial charge is 0.496 e. The van der Waals surface area contributed by atoms with Crippen molar-refractivity contribution in [2.75, 3.05) is 13.7 Å². The molecule has 96 valence electrons. The summed E-state index contributed by atoms with van der Waals surface area (Å²) in [5.41, 5.74) is 2.02. The number of rotatable bonds is 5. The van der Waals surface area contributed by atoms with E-state index in [0.717, 1.165) is 11.1 Å². The summed E-state index contributed by atoms with van der Waals surface area (Å²) < 4.78 is 10.2. The molecule has 0 heterocycles. The Balaban J connectivity index is 3.13. The maximum absolute atomic E-state index is 11.5. The van der Waals surface area contributed by atoms with Crippen LogP contribution in [0.2, 0.25) is 0 Å². The Bertz CT molecular complexity index is 480. The van der Waals surface area contributed by atoms with Gasteiger partial charge in [0.2, 0.25) is 0 Å². The Morgan fingerprint density at radius 1 is 1.50 bits per heavy atom. The third-order valence-electron chi connectivity index (χ3n) is 2.44. The predicted octanol–water partition coefficient (Wildman–Crippen LogP) is 2.57. The van der Waals surface area contributed by atoms with Gasteiger partial charge >= 0.3 is 5.97 Å². The number of benzene rings is 1. The molecular formula is C13H14BrNO3. The summed E-state index contributed by atoms with van der Waals surface area (Å²) >= 11 is 3.32. The predicted molar refractivity (Wildman–Crippen MR) is 70.7 cm³/mol. The highest BCUT2D eigenvalue weighted by molar-refractivity contribution is 9.08. The van der Waals surface area contributed by atoms with Gasteiger partial charge in [0.05, 0.1) is 31.8 Å². The number of carbonyl (C=O) groups excluding carboxylic acids is 1. The van der Waals surface area contributed by atoms with Crippen LogP contribution in [0.1, 0.15) is 23.6 Å². The van der Waals surface area contributed by atoms with Gasteiger partial charge < -0.3 is 9.47 Å².